The number of carbonyl (C=O) groups is 1. The molecule has 1 aliphatic heterocycles. The first-order valence-electron chi connectivity index (χ1n) is 13.0. The molecule has 0 bridgehead atoms. The number of fused-ring (bicyclic) bond motifs is 2. The number of thiazole rings is 1. The van der Waals surface area contributed by atoms with Crippen molar-refractivity contribution in [3.8, 4) is 0 Å². The molecule has 3 heterocycles. The van der Waals surface area contributed by atoms with Crippen LogP contribution in [-0.2, 0) is 16.1 Å². The van der Waals surface area contributed by atoms with Crippen LogP contribution in [-0.4, -0.2) is 21.7 Å². The van der Waals surface area contributed by atoms with E-state index in [1.165, 1.54) is 11.3 Å². The SMILES string of the molecule is CCOC(=O)C1=C(C)N=c2s/c(=C/c3cc4ccccc4n3Cc3ccc(Cl)cc3)c(=O)n2[C@@H]1c1ccccc1. The van der Waals surface area contributed by atoms with Gasteiger partial charge in [-0.25, -0.2) is 9.79 Å². The Labute approximate surface area is 239 Å². The van der Waals surface area contributed by atoms with Gasteiger partial charge in [-0.1, -0.05) is 83.6 Å². The van der Waals surface area contributed by atoms with Crippen molar-refractivity contribution in [1.82, 2.24) is 9.13 Å². The highest BCUT2D eigenvalue weighted by atomic mass is 35.5. The highest BCUT2D eigenvalue weighted by molar-refractivity contribution is 7.07. The molecule has 200 valence electrons. The topological polar surface area (TPSA) is 65.6 Å². The minimum atomic E-state index is -0.626. The molecular formula is C32H26ClN3O3S. The number of nitrogens with zero attached hydrogens (tertiary/aromatic N) is 3. The van der Waals surface area contributed by atoms with E-state index < -0.39 is 12.0 Å². The van der Waals surface area contributed by atoms with Crippen molar-refractivity contribution < 1.29 is 9.53 Å². The largest absolute Gasteiger partial charge is 0.463 e. The van der Waals surface area contributed by atoms with Crippen molar-refractivity contribution >= 4 is 45.9 Å². The number of halogens is 1. The molecule has 2 aromatic heterocycles. The van der Waals surface area contributed by atoms with Crippen LogP contribution < -0.4 is 14.9 Å². The van der Waals surface area contributed by atoms with Gasteiger partial charge >= 0.3 is 5.97 Å². The number of hydrogen-bond acceptors (Lipinski definition) is 5. The minimum absolute atomic E-state index is 0.199. The molecule has 0 N–H and O–H groups in total. The Hall–Kier alpha value is -4.20. The van der Waals surface area contributed by atoms with Crippen molar-refractivity contribution in [1.29, 1.82) is 0 Å². The molecule has 0 amide bonds. The molecule has 0 aliphatic carbocycles. The number of para-hydroxylation sites is 1. The quantitative estimate of drug-likeness (QED) is 0.256. The summed E-state index contributed by atoms with van der Waals surface area (Å²) in [5, 5.41) is 1.77. The Morgan fingerprint density at radius 1 is 1.05 bits per heavy atom. The smallest absolute Gasteiger partial charge is 0.338 e. The van der Waals surface area contributed by atoms with Gasteiger partial charge in [-0.15, -0.1) is 0 Å². The Balaban J connectivity index is 1.54. The first-order valence-corrected chi connectivity index (χ1v) is 14.2. The first kappa shape index (κ1) is 26.0. The molecule has 0 spiro atoms. The van der Waals surface area contributed by atoms with Gasteiger partial charge in [-0.2, -0.15) is 0 Å². The lowest BCUT2D eigenvalue weighted by Crippen LogP contribution is -2.40. The van der Waals surface area contributed by atoms with Gasteiger partial charge < -0.3 is 9.30 Å². The summed E-state index contributed by atoms with van der Waals surface area (Å²) in [6.45, 7) is 4.42. The Kier molecular flexibility index (Phi) is 7.00. The normalized spacial score (nSPS) is 15.3. The average molecular weight is 568 g/mol. The van der Waals surface area contributed by atoms with Crippen molar-refractivity contribution in [3.63, 3.8) is 0 Å². The van der Waals surface area contributed by atoms with Crippen molar-refractivity contribution in [2.75, 3.05) is 6.61 Å². The van der Waals surface area contributed by atoms with Crippen LogP contribution in [0.15, 0.2) is 106 Å². The van der Waals surface area contributed by atoms with Gasteiger partial charge in [0.1, 0.15) is 0 Å². The molecule has 0 radical (unpaired) electrons. The highest BCUT2D eigenvalue weighted by Crippen LogP contribution is 2.30. The molecule has 6 nitrogen and oxygen atoms in total. The molecule has 3 aromatic carbocycles. The van der Waals surface area contributed by atoms with Crippen LogP contribution >= 0.6 is 22.9 Å². The molecular weight excluding hydrogens is 542 g/mol. The summed E-state index contributed by atoms with van der Waals surface area (Å²) in [6, 6.07) is 27.0. The van der Waals surface area contributed by atoms with Crippen LogP contribution in [0.25, 0.3) is 17.0 Å². The van der Waals surface area contributed by atoms with Crippen molar-refractivity contribution in [2.24, 2.45) is 4.99 Å². The molecule has 1 atom stereocenters. The predicted molar refractivity (Wildman–Crippen MR) is 159 cm³/mol. The third kappa shape index (κ3) is 4.72. The summed E-state index contributed by atoms with van der Waals surface area (Å²) < 4.78 is 9.74. The van der Waals surface area contributed by atoms with Crippen LogP contribution in [0.1, 0.15) is 36.7 Å². The fourth-order valence-electron chi connectivity index (χ4n) is 5.18. The maximum Gasteiger partial charge on any atom is 0.338 e. The van der Waals surface area contributed by atoms with Gasteiger partial charge in [0.25, 0.3) is 5.56 Å². The first-order chi connectivity index (χ1) is 19.4. The zero-order chi connectivity index (χ0) is 27.8. The maximum absolute atomic E-state index is 14.0. The summed E-state index contributed by atoms with van der Waals surface area (Å²) in [7, 11) is 0. The minimum Gasteiger partial charge on any atom is -0.463 e. The van der Waals surface area contributed by atoms with Crippen LogP contribution in [0, 0.1) is 0 Å². The summed E-state index contributed by atoms with van der Waals surface area (Å²) in [5.41, 5.74) is 4.62. The Bertz CT molecular complexity index is 1950. The molecule has 0 saturated heterocycles. The third-order valence-corrected chi connectivity index (χ3v) is 8.24. The highest BCUT2D eigenvalue weighted by Gasteiger charge is 2.33. The van der Waals surface area contributed by atoms with Gasteiger partial charge in [0.05, 0.1) is 28.5 Å². The lowest BCUT2D eigenvalue weighted by atomic mass is 9.96. The zero-order valence-corrected chi connectivity index (χ0v) is 23.6. The second-order valence-corrected chi connectivity index (χ2v) is 11.0. The Morgan fingerprint density at radius 3 is 2.52 bits per heavy atom. The lowest BCUT2D eigenvalue weighted by molar-refractivity contribution is -0.139. The fraction of sp³-hybridized carbons (Fsp3) is 0.156. The number of benzene rings is 3. The second kappa shape index (κ2) is 10.8. The number of carbonyl (C=O) groups excluding carboxylic acids is 1. The molecule has 6 rings (SSSR count). The van der Waals surface area contributed by atoms with Crippen LogP contribution in [0.2, 0.25) is 5.02 Å². The van der Waals surface area contributed by atoms with E-state index in [2.05, 4.69) is 22.8 Å². The molecule has 0 unspecified atom stereocenters. The van der Waals surface area contributed by atoms with Crippen LogP contribution in [0.3, 0.4) is 0 Å². The van der Waals surface area contributed by atoms with Gasteiger partial charge in [-0.3, -0.25) is 9.36 Å². The molecule has 0 saturated carbocycles. The number of rotatable bonds is 6. The number of ether oxygens (including phenoxy) is 1. The number of aromatic nitrogens is 2. The number of esters is 1. The van der Waals surface area contributed by atoms with E-state index >= 15 is 0 Å². The number of allylic oxidation sites excluding steroid dienone is 1. The molecule has 1 aliphatic rings. The van der Waals surface area contributed by atoms with Gasteiger partial charge in [0, 0.05) is 28.2 Å². The third-order valence-electron chi connectivity index (χ3n) is 7.01. The monoisotopic (exact) mass is 567 g/mol. The summed E-state index contributed by atoms with van der Waals surface area (Å²) in [4.78, 5) is 32.4. The van der Waals surface area contributed by atoms with E-state index in [4.69, 9.17) is 21.3 Å². The van der Waals surface area contributed by atoms with Gasteiger partial charge in [0.15, 0.2) is 4.80 Å². The summed E-state index contributed by atoms with van der Waals surface area (Å²) >= 11 is 7.44. The van der Waals surface area contributed by atoms with E-state index in [9.17, 15) is 9.59 Å². The molecule has 8 heteroatoms. The zero-order valence-electron chi connectivity index (χ0n) is 22.0. The Morgan fingerprint density at radius 2 is 1.77 bits per heavy atom. The average Bonchev–Trinajstić information content (AvgIpc) is 3.46. The van der Waals surface area contributed by atoms with Crippen molar-refractivity contribution in [2.45, 2.75) is 26.4 Å². The summed E-state index contributed by atoms with van der Waals surface area (Å²) in [6.07, 6.45) is 1.92. The van der Waals surface area contributed by atoms with E-state index in [-0.39, 0.29) is 12.2 Å². The second-order valence-electron chi connectivity index (χ2n) is 9.55. The van der Waals surface area contributed by atoms with Crippen LogP contribution in [0.4, 0.5) is 0 Å². The predicted octanol–water partition coefficient (Wildman–Crippen LogP) is 5.45. The summed E-state index contributed by atoms with van der Waals surface area (Å²) in [5.74, 6) is -0.463. The molecule has 5 aromatic rings. The number of hydrogen-bond donors (Lipinski definition) is 0. The fourth-order valence-corrected chi connectivity index (χ4v) is 6.33. The lowest BCUT2D eigenvalue weighted by Gasteiger charge is -2.24. The van der Waals surface area contributed by atoms with E-state index in [0.717, 1.165) is 27.7 Å². The standard InChI is InChI=1S/C32H26ClN3O3S/c1-3-39-31(38)28-20(2)34-32-36(29(28)22-9-5-4-6-10-22)30(37)27(40-32)18-25-17-23-11-7-8-12-26(23)35(25)19-21-13-15-24(33)16-14-21/h4-18,29H,3,19H2,1-2H3/b27-18+/t29-/m1/s1. The van der Waals surface area contributed by atoms with E-state index in [1.54, 1.807) is 18.4 Å². The molecule has 40 heavy (non-hydrogen) atoms. The van der Waals surface area contributed by atoms with Gasteiger partial charge in [0.2, 0.25) is 0 Å². The molecule has 0 fully saturated rings. The van der Waals surface area contributed by atoms with Crippen LogP contribution in [0.5, 0.6) is 0 Å². The van der Waals surface area contributed by atoms with E-state index in [0.29, 0.717) is 32.2 Å². The maximum atomic E-state index is 14.0. The van der Waals surface area contributed by atoms with Crippen molar-refractivity contribution in [3.05, 3.63) is 138 Å². The van der Waals surface area contributed by atoms with E-state index in [1.807, 2.05) is 72.8 Å². The van der Waals surface area contributed by atoms with Gasteiger partial charge in [-0.05, 0) is 55.3 Å².